The van der Waals surface area contributed by atoms with Crippen LogP contribution in [0.5, 0.6) is 0 Å². The van der Waals surface area contributed by atoms with E-state index in [-0.39, 0.29) is 68.6 Å². The van der Waals surface area contributed by atoms with E-state index < -0.39 is 30.0 Å². The zero-order valence-electron chi connectivity index (χ0n) is 38.4. The number of hydrogen-bond acceptors (Lipinski definition) is 9. The van der Waals surface area contributed by atoms with Crippen LogP contribution in [0.1, 0.15) is 98.8 Å². The summed E-state index contributed by atoms with van der Waals surface area (Å²) in [6.45, 7) is 1.12. The maximum Gasteiger partial charge on any atom is 0.407 e. The van der Waals surface area contributed by atoms with Crippen molar-refractivity contribution in [1.29, 1.82) is 0 Å². The molecule has 15 nitrogen and oxygen atoms in total. The molecule has 7 amide bonds. The Labute approximate surface area is 397 Å². The summed E-state index contributed by atoms with van der Waals surface area (Å²) < 4.78 is 5.68. The summed E-state index contributed by atoms with van der Waals surface area (Å²) in [5.41, 5.74) is 6.49. The van der Waals surface area contributed by atoms with Gasteiger partial charge in [0.25, 0.3) is 11.8 Å². The normalized spacial score (nSPS) is 13.6. The Balaban J connectivity index is 0.952. The molecule has 4 aromatic rings. The standard InChI is InChI=1S/C53H62N6O9/c60-35-38-25-27-39(28-26-38)56-51(65)45(22-12-14-32-55-53(67)68-36-44-42-20-10-8-18-40(42)41-19-9-11-21-43(41)44)58-52(66)46(34-37-16-4-1-5-17-37)57-48(62)24-6-2-13-31-54-47(61)23-7-3-15-33-59-49(63)29-30-50(59)64/h1,4-5,8-11,16-21,25-30,44-46,60H,2-3,6-7,12-15,22-24,31-36H2,(H,54,61)(H,55,67)(H,56,65)(H,57,62)(H,58,66)/t45?,46-/m0/s1. The Hall–Kier alpha value is -7.13. The largest absolute Gasteiger partial charge is 0.449 e. The number of nitrogens with zero attached hydrogens (tertiary/aromatic N) is 1. The molecule has 0 fully saturated rings. The minimum absolute atomic E-state index is 0.0690. The lowest BCUT2D eigenvalue weighted by Gasteiger charge is -2.24. The summed E-state index contributed by atoms with van der Waals surface area (Å²) in [5.74, 6) is -2.05. The average molecular weight is 927 g/mol. The van der Waals surface area contributed by atoms with E-state index in [9.17, 15) is 38.7 Å². The van der Waals surface area contributed by atoms with Gasteiger partial charge in [0.15, 0.2) is 0 Å². The number of nitrogens with one attached hydrogen (secondary N) is 5. The minimum Gasteiger partial charge on any atom is -0.449 e. The van der Waals surface area contributed by atoms with Crippen molar-refractivity contribution in [1.82, 2.24) is 26.2 Å². The molecule has 0 saturated heterocycles. The van der Waals surface area contributed by atoms with Crippen molar-refractivity contribution in [2.45, 2.75) is 102 Å². The molecule has 6 N–H and O–H groups in total. The highest BCUT2D eigenvalue weighted by Gasteiger charge is 2.30. The monoisotopic (exact) mass is 926 g/mol. The molecule has 0 bridgehead atoms. The average Bonchev–Trinajstić information content (AvgIpc) is 3.85. The van der Waals surface area contributed by atoms with E-state index in [1.54, 1.807) is 24.3 Å². The van der Waals surface area contributed by atoms with Crippen molar-refractivity contribution in [2.75, 3.05) is 31.6 Å². The van der Waals surface area contributed by atoms with Gasteiger partial charge in [0.2, 0.25) is 23.6 Å². The van der Waals surface area contributed by atoms with Gasteiger partial charge in [-0.25, -0.2) is 4.79 Å². The Kier molecular flexibility index (Phi) is 19.4. The zero-order valence-corrected chi connectivity index (χ0v) is 38.4. The number of unbranched alkanes of at least 4 members (excludes halogenated alkanes) is 5. The number of aliphatic hydroxyl groups is 1. The number of benzene rings is 4. The molecule has 0 radical (unpaired) electrons. The number of rotatable bonds is 27. The van der Waals surface area contributed by atoms with Crippen LogP contribution in [0, 0.1) is 0 Å². The molecule has 15 heteroatoms. The van der Waals surface area contributed by atoms with Crippen LogP contribution >= 0.6 is 0 Å². The molecule has 1 heterocycles. The number of carbonyl (C=O) groups excluding carboxylic acids is 7. The lowest BCUT2D eigenvalue weighted by Crippen LogP contribution is -2.53. The first-order valence-electron chi connectivity index (χ1n) is 23.6. The number of imide groups is 1. The van der Waals surface area contributed by atoms with Gasteiger partial charge < -0.3 is 36.4 Å². The van der Waals surface area contributed by atoms with Crippen LogP contribution in [-0.2, 0) is 46.5 Å². The third-order valence-electron chi connectivity index (χ3n) is 12.1. The Morgan fingerprint density at radius 1 is 0.588 bits per heavy atom. The quantitative estimate of drug-likeness (QED) is 0.0297. The zero-order chi connectivity index (χ0) is 48.1. The van der Waals surface area contributed by atoms with Crippen LogP contribution in [0.15, 0.2) is 115 Å². The number of ether oxygens (including phenoxy) is 1. The number of carbonyl (C=O) groups is 7. The fourth-order valence-corrected chi connectivity index (χ4v) is 8.39. The van der Waals surface area contributed by atoms with E-state index >= 15 is 0 Å². The lowest BCUT2D eigenvalue weighted by molar-refractivity contribution is -0.137. The van der Waals surface area contributed by atoms with Gasteiger partial charge in [0.1, 0.15) is 18.7 Å². The van der Waals surface area contributed by atoms with Gasteiger partial charge in [-0.1, -0.05) is 104 Å². The first kappa shape index (κ1) is 50.3. The lowest BCUT2D eigenvalue weighted by atomic mass is 9.98. The number of anilines is 1. The molecule has 0 saturated carbocycles. The van der Waals surface area contributed by atoms with Crippen LogP contribution in [0.25, 0.3) is 11.1 Å². The molecule has 0 aromatic heterocycles. The minimum atomic E-state index is -0.983. The van der Waals surface area contributed by atoms with Crippen molar-refractivity contribution in [3.63, 3.8) is 0 Å². The Morgan fingerprint density at radius 2 is 1.19 bits per heavy atom. The fourth-order valence-electron chi connectivity index (χ4n) is 8.39. The molecular formula is C53H62N6O9. The van der Waals surface area contributed by atoms with Gasteiger partial charge in [-0.05, 0) is 90.5 Å². The molecule has 1 aliphatic carbocycles. The second kappa shape index (κ2) is 26.3. The highest BCUT2D eigenvalue weighted by atomic mass is 16.5. The molecule has 4 aromatic carbocycles. The summed E-state index contributed by atoms with van der Waals surface area (Å²) in [7, 11) is 0. The molecular weight excluding hydrogens is 865 g/mol. The molecule has 6 rings (SSSR count). The van der Waals surface area contributed by atoms with Gasteiger partial charge in [0, 0.05) is 62.7 Å². The highest BCUT2D eigenvalue weighted by Crippen LogP contribution is 2.44. The smallest absolute Gasteiger partial charge is 0.407 e. The molecule has 0 spiro atoms. The van der Waals surface area contributed by atoms with Crippen LogP contribution in [0.3, 0.4) is 0 Å². The maximum atomic E-state index is 14.0. The van der Waals surface area contributed by atoms with Gasteiger partial charge in [0.05, 0.1) is 6.61 Å². The second-order valence-electron chi connectivity index (χ2n) is 17.1. The van der Waals surface area contributed by atoms with E-state index in [4.69, 9.17) is 4.74 Å². The summed E-state index contributed by atoms with van der Waals surface area (Å²) in [5, 5.41) is 23.8. The summed E-state index contributed by atoms with van der Waals surface area (Å²) in [6, 6.07) is 30.3. The first-order valence-corrected chi connectivity index (χ1v) is 23.6. The molecule has 358 valence electrons. The van der Waals surface area contributed by atoms with Gasteiger partial charge in [-0.15, -0.1) is 0 Å². The molecule has 2 atom stereocenters. The topological polar surface area (TPSA) is 212 Å². The van der Waals surface area contributed by atoms with Gasteiger partial charge >= 0.3 is 6.09 Å². The Morgan fingerprint density at radius 3 is 1.87 bits per heavy atom. The van der Waals surface area contributed by atoms with Crippen LogP contribution in [0.2, 0.25) is 0 Å². The predicted octanol–water partition coefficient (Wildman–Crippen LogP) is 6.20. The van der Waals surface area contributed by atoms with Crippen LogP contribution in [0.4, 0.5) is 10.5 Å². The number of fused-ring (bicyclic) bond motifs is 3. The molecule has 1 aliphatic heterocycles. The third-order valence-corrected chi connectivity index (χ3v) is 12.1. The maximum absolute atomic E-state index is 14.0. The Bertz CT molecular complexity index is 2330. The second-order valence-corrected chi connectivity index (χ2v) is 17.1. The molecule has 68 heavy (non-hydrogen) atoms. The van der Waals surface area contributed by atoms with E-state index in [1.165, 1.54) is 17.1 Å². The van der Waals surface area contributed by atoms with Crippen LogP contribution < -0.4 is 26.6 Å². The summed E-state index contributed by atoms with van der Waals surface area (Å²) >= 11 is 0. The summed E-state index contributed by atoms with van der Waals surface area (Å²) in [6.07, 6.45) is 7.73. The van der Waals surface area contributed by atoms with Crippen molar-refractivity contribution in [2.24, 2.45) is 0 Å². The van der Waals surface area contributed by atoms with Crippen molar-refractivity contribution in [3.8, 4) is 11.1 Å². The molecule has 1 unspecified atom stereocenters. The van der Waals surface area contributed by atoms with Crippen molar-refractivity contribution >= 4 is 47.2 Å². The van der Waals surface area contributed by atoms with Crippen molar-refractivity contribution in [3.05, 3.63) is 138 Å². The van der Waals surface area contributed by atoms with E-state index in [1.807, 2.05) is 54.6 Å². The summed E-state index contributed by atoms with van der Waals surface area (Å²) in [4.78, 5) is 90.8. The number of alkyl carbamates (subject to hydrolysis) is 1. The van der Waals surface area contributed by atoms with Crippen molar-refractivity contribution < 1.29 is 43.4 Å². The molecule has 2 aliphatic rings. The number of amides is 7. The van der Waals surface area contributed by atoms with E-state index in [2.05, 4.69) is 50.8 Å². The van der Waals surface area contributed by atoms with E-state index in [0.29, 0.717) is 82.1 Å². The first-order chi connectivity index (χ1) is 33.1. The number of hydrogen-bond donors (Lipinski definition) is 6. The van der Waals surface area contributed by atoms with Crippen LogP contribution in [-0.4, -0.2) is 89.9 Å². The van der Waals surface area contributed by atoms with Gasteiger partial charge in [-0.3, -0.25) is 33.7 Å². The highest BCUT2D eigenvalue weighted by molar-refractivity contribution is 6.12. The predicted molar refractivity (Wildman–Crippen MR) is 258 cm³/mol. The number of aliphatic hydroxyl groups excluding tert-OH is 1. The van der Waals surface area contributed by atoms with Gasteiger partial charge in [-0.2, -0.15) is 0 Å². The fraction of sp³-hybridized carbons (Fsp3) is 0.377. The third kappa shape index (κ3) is 15.2. The van der Waals surface area contributed by atoms with E-state index in [0.717, 1.165) is 27.8 Å². The SMILES string of the molecule is O=C(CCCCCN1C(=O)C=CC1=O)NCCCCCC(=O)N[C@@H](Cc1ccccc1)C(=O)NC(CCCCNC(=O)OCC1c2ccccc2-c2ccccc21)C(=O)Nc1ccc(CO)cc1.